The topological polar surface area (TPSA) is 12.0 Å². The van der Waals surface area contributed by atoms with E-state index in [1.807, 2.05) is 12.1 Å². The molecule has 3 heteroatoms. The third-order valence-corrected chi connectivity index (χ3v) is 4.95. The van der Waals surface area contributed by atoms with Crippen molar-refractivity contribution in [2.24, 2.45) is 5.92 Å². The second kappa shape index (κ2) is 8.14. The molecule has 20 heavy (non-hydrogen) atoms. The molecule has 1 aliphatic rings. The van der Waals surface area contributed by atoms with Gasteiger partial charge in [-0.15, -0.1) is 0 Å². The standard InChI is InChI=1S/C17H25BrFN/c1-2-20-17(11-13-7-5-3-4-6-8-13)14-9-10-16(19)15(18)12-14/h9-10,12-13,17,20H,2-8,11H2,1H3. The van der Waals surface area contributed by atoms with Crippen LogP contribution in [0.5, 0.6) is 0 Å². The van der Waals surface area contributed by atoms with Gasteiger partial charge in [0.2, 0.25) is 0 Å². The van der Waals surface area contributed by atoms with E-state index in [0.717, 1.165) is 12.5 Å². The zero-order valence-electron chi connectivity index (χ0n) is 12.3. The van der Waals surface area contributed by atoms with E-state index in [2.05, 4.69) is 28.2 Å². The fourth-order valence-corrected chi connectivity index (χ4v) is 3.64. The molecule has 1 aromatic rings. The number of nitrogens with one attached hydrogen (secondary N) is 1. The molecule has 1 nitrogen and oxygen atoms in total. The lowest BCUT2D eigenvalue weighted by atomic mass is 9.89. The van der Waals surface area contributed by atoms with E-state index in [1.54, 1.807) is 6.07 Å². The first kappa shape index (κ1) is 16.0. The minimum atomic E-state index is -0.182. The molecule has 0 radical (unpaired) electrons. The number of benzene rings is 1. The largest absolute Gasteiger partial charge is 0.310 e. The normalized spacial score (nSPS) is 18.8. The Hall–Kier alpha value is -0.410. The van der Waals surface area contributed by atoms with Gasteiger partial charge in [0.15, 0.2) is 0 Å². The van der Waals surface area contributed by atoms with Crippen LogP contribution in [-0.2, 0) is 0 Å². The molecule has 112 valence electrons. The summed E-state index contributed by atoms with van der Waals surface area (Å²) in [4.78, 5) is 0. The molecular formula is C17H25BrFN. The highest BCUT2D eigenvalue weighted by Crippen LogP contribution is 2.32. The highest BCUT2D eigenvalue weighted by atomic mass is 79.9. The molecule has 1 unspecified atom stereocenters. The van der Waals surface area contributed by atoms with E-state index in [4.69, 9.17) is 0 Å². The summed E-state index contributed by atoms with van der Waals surface area (Å²) in [5.74, 6) is 0.629. The van der Waals surface area contributed by atoms with Crippen LogP contribution in [0.25, 0.3) is 0 Å². The lowest BCUT2D eigenvalue weighted by Crippen LogP contribution is -2.23. The molecule has 0 bridgehead atoms. The van der Waals surface area contributed by atoms with Crippen LogP contribution >= 0.6 is 15.9 Å². The predicted octanol–water partition coefficient (Wildman–Crippen LogP) is 5.60. The third-order valence-electron chi connectivity index (χ3n) is 4.34. The smallest absolute Gasteiger partial charge is 0.137 e. The second-order valence-electron chi connectivity index (χ2n) is 5.88. The Morgan fingerprint density at radius 1 is 1.25 bits per heavy atom. The van der Waals surface area contributed by atoms with Crippen LogP contribution in [0, 0.1) is 11.7 Å². The summed E-state index contributed by atoms with van der Waals surface area (Å²) in [5.41, 5.74) is 1.20. The van der Waals surface area contributed by atoms with Crippen molar-refractivity contribution in [2.75, 3.05) is 6.54 Å². The lowest BCUT2D eigenvalue weighted by molar-refractivity contribution is 0.359. The van der Waals surface area contributed by atoms with Gasteiger partial charge in [-0.1, -0.05) is 51.5 Å². The Bertz CT molecular complexity index is 413. The molecule has 0 aromatic heterocycles. The Balaban J connectivity index is 2.06. The average Bonchev–Trinajstić information content (AvgIpc) is 2.70. The zero-order valence-corrected chi connectivity index (χ0v) is 13.9. The Kier molecular flexibility index (Phi) is 6.50. The maximum Gasteiger partial charge on any atom is 0.137 e. The van der Waals surface area contributed by atoms with E-state index >= 15 is 0 Å². The summed E-state index contributed by atoms with van der Waals surface area (Å²) < 4.78 is 14.0. The Morgan fingerprint density at radius 3 is 2.55 bits per heavy atom. The molecule has 1 atom stereocenters. The lowest BCUT2D eigenvalue weighted by Gasteiger charge is -2.24. The number of hydrogen-bond acceptors (Lipinski definition) is 1. The van der Waals surface area contributed by atoms with Crippen molar-refractivity contribution < 1.29 is 4.39 Å². The van der Waals surface area contributed by atoms with E-state index in [-0.39, 0.29) is 5.82 Å². The summed E-state index contributed by atoms with van der Waals surface area (Å²) >= 11 is 3.30. The molecule has 2 rings (SSSR count). The zero-order chi connectivity index (χ0) is 14.4. The van der Waals surface area contributed by atoms with Crippen molar-refractivity contribution in [3.8, 4) is 0 Å². The minimum absolute atomic E-state index is 0.182. The van der Waals surface area contributed by atoms with Crippen LogP contribution in [0.2, 0.25) is 0 Å². The minimum Gasteiger partial charge on any atom is -0.310 e. The molecule has 0 aliphatic heterocycles. The van der Waals surface area contributed by atoms with Crippen molar-refractivity contribution in [1.29, 1.82) is 0 Å². The van der Waals surface area contributed by atoms with Gasteiger partial charge < -0.3 is 5.32 Å². The number of rotatable bonds is 5. The van der Waals surface area contributed by atoms with Gasteiger partial charge in [0.05, 0.1) is 4.47 Å². The van der Waals surface area contributed by atoms with Gasteiger partial charge in [-0.05, 0) is 52.5 Å². The van der Waals surface area contributed by atoms with Gasteiger partial charge in [-0.2, -0.15) is 0 Å². The number of halogens is 2. The van der Waals surface area contributed by atoms with Crippen molar-refractivity contribution in [2.45, 2.75) is 57.9 Å². The van der Waals surface area contributed by atoms with Gasteiger partial charge in [-0.3, -0.25) is 0 Å². The van der Waals surface area contributed by atoms with Crippen LogP contribution in [-0.4, -0.2) is 6.54 Å². The first-order valence-corrected chi connectivity index (χ1v) is 8.68. The van der Waals surface area contributed by atoms with E-state index in [0.29, 0.717) is 10.5 Å². The van der Waals surface area contributed by atoms with Crippen LogP contribution in [0.15, 0.2) is 22.7 Å². The van der Waals surface area contributed by atoms with E-state index in [1.165, 1.54) is 50.5 Å². The van der Waals surface area contributed by atoms with Crippen LogP contribution in [0.1, 0.15) is 63.5 Å². The summed E-state index contributed by atoms with van der Waals surface area (Å²) in [6.07, 6.45) is 9.41. The van der Waals surface area contributed by atoms with Gasteiger partial charge in [0, 0.05) is 6.04 Å². The fraction of sp³-hybridized carbons (Fsp3) is 0.647. The molecule has 1 aliphatic carbocycles. The molecule has 1 aromatic carbocycles. The molecule has 1 N–H and O–H groups in total. The first-order chi connectivity index (χ1) is 9.70. The first-order valence-electron chi connectivity index (χ1n) is 7.89. The molecule has 0 amide bonds. The fourth-order valence-electron chi connectivity index (χ4n) is 3.25. The van der Waals surface area contributed by atoms with Crippen LogP contribution in [0.4, 0.5) is 4.39 Å². The maximum atomic E-state index is 13.4. The van der Waals surface area contributed by atoms with Crippen LogP contribution < -0.4 is 5.32 Å². The Morgan fingerprint density at radius 2 is 1.95 bits per heavy atom. The third kappa shape index (κ3) is 4.56. The summed E-state index contributed by atoms with van der Waals surface area (Å²) in [6, 6.07) is 5.76. The van der Waals surface area contributed by atoms with Gasteiger partial charge in [0.1, 0.15) is 5.82 Å². The average molecular weight is 342 g/mol. The van der Waals surface area contributed by atoms with Crippen molar-refractivity contribution in [1.82, 2.24) is 5.32 Å². The molecule has 0 heterocycles. The van der Waals surface area contributed by atoms with Gasteiger partial charge in [0.25, 0.3) is 0 Å². The van der Waals surface area contributed by atoms with Crippen LogP contribution in [0.3, 0.4) is 0 Å². The monoisotopic (exact) mass is 341 g/mol. The highest BCUT2D eigenvalue weighted by molar-refractivity contribution is 9.10. The summed E-state index contributed by atoms with van der Waals surface area (Å²) in [5, 5.41) is 3.57. The van der Waals surface area contributed by atoms with Crippen molar-refractivity contribution in [3.63, 3.8) is 0 Å². The summed E-state index contributed by atoms with van der Waals surface area (Å²) in [7, 11) is 0. The predicted molar refractivity (Wildman–Crippen MR) is 86.3 cm³/mol. The van der Waals surface area contributed by atoms with Gasteiger partial charge >= 0.3 is 0 Å². The summed E-state index contributed by atoms with van der Waals surface area (Å²) in [6.45, 7) is 3.09. The van der Waals surface area contributed by atoms with E-state index in [9.17, 15) is 4.39 Å². The second-order valence-corrected chi connectivity index (χ2v) is 6.73. The molecular weight excluding hydrogens is 317 g/mol. The Labute approximate surface area is 130 Å². The molecule has 1 fully saturated rings. The number of hydrogen-bond donors (Lipinski definition) is 1. The maximum absolute atomic E-state index is 13.4. The SMILES string of the molecule is CCNC(CC1CCCCCC1)c1ccc(F)c(Br)c1. The molecule has 0 spiro atoms. The van der Waals surface area contributed by atoms with Gasteiger partial charge in [-0.25, -0.2) is 4.39 Å². The quantitative estimate of drug-likeness (QED) is 0.687. The molecule has 1 saturated carbocycles. The highest BCUT2D eigenvalue weighted by Gasteiger charge is 2.19. The van der Waals surface area contributed by atoms with Crippen molar-refractivity contribution >= 4 is 15.9 Å². The van der Waals surface area contributed by atoms with Crippen molar-refractivity contribution in [3.05, 3.63) is 34.1 Å². The molecule has 0 saturated heterocycles. The van der Waals surface area contributed by atoms with E-state index < -0.39 is 0 Å².